The highest BCUT2D eigenvalue weighted by Crippen LogP contribution is 2.27. The van der Waals surface area contributed by atoms with E-state index in [1.807, 2.05) is 0 Å². The molecule has 4 heteroatoms. The predicted octanol–water partition coefficient (Wildman–Crippen LogP) is 1.79. The molecule has 0 spiro atoms. The average molecular weight is 261 g/mol. The quantitative estimate of drug-likeness (QED) is 0.843. The Kier molecular flexibility index (Phi) is 4.18. The third kappa shape index (κ3) is 3.33. The van der Waals surface area contributed by atoms with E-state index in [9.17, 15) is 9.18 Å². The molecule has 0 aliphatic heterocycles. The minimum atomic E-state index is -0.418. The van der Waals surface area contributed by atoms with Crippen LogP contribution in [0.25, 0.3) is 0 Å². The van der Waals surface area contributed by atoms with E-state index in [4.69, 9.17) is 5.11 Å². The molecule has 0 heterocycles. The van der Waals surface area contributed by atoms with Gasteiger partial charge in [-0.1, -0.05) is 11.8 Å². The highest BCUT2D eigenvalue weighted by molar-refractivity contribution is 5.97. The van der Waals surface area contributed by atoms with Crippen LogP contribution in [-0.4, -0.2) is 35.6 Å². The second kappa shape index (κ2) is 5.85. The van der Waals surface area contributed by atoms with Crippen molar-refractivity contribution in [2.75, 3.05) is 13.7 Å². The van der Waals surface area contributed by atoms with Crippen LogP contribution in [0.4, 0.5) is 4.39 Å². The van der Waals surface area contributed by atoms with E-state index < -0.39 is 5.82 Å². The highest BCUT2D eigenvalue weighted by atomic mass is 19.1. The average Bonchev–Trinajstić information content (AvgIpc) is 3.22. The van der Waals surface area contributed by atoms with Gasteiger partial charge >= 0.3 is 0 Å². The summed E-state index contributed by atoms with van der Waals surface area (Å²) in [6, 6.07) is 4.30. The summed E-state index contributed by atoms with van der Waals surface area (Å²) >= 11 is 0. The van der Waals surface area contributed by atoms with Gasteiger partial charge < -0.3 is 10.0 Å². The van der Waals surface area contributed by atoms with Crippen molar-refractivity contribution in [2.45, 2.75) is 25.3 Å². The van der Waals surface area contributed by atoms with Crippen LogP contribution in [0.1, 0.15) is 35.2 Å². The second-order valence-corrected chi connectivity index (χ2v) is 4.61. The van der Waals surface area contributed by atoms with E-state index >= 15 is 0 Å². The smallest absolute Gasteiger partial charge is 0.255 e. The fourth-order valence-electron chi connectivity index (χ4n) is 1.84. The number of hydrogen-bond acceptors (Lipinski definition) is 2. The summed E-state index contributed by atoms with van der Waals surface area (Å²) in [5.74, 6) is 4.93. The number of carbonyl (C=O) groups excluding carboxylic acids is 1. The van der Waals surface area contributed by atoms with Gasteiger partial charge in [-0.2, -0.15) is 0 Å². The first kappa shape index (κ1) is 13.6. The van der Waals surface area contributed by atoms with Gasteiger partial charge in [-0.25, -0.2) is 4.39 Å². The van der Waals surface area contributed by atoms with E-state index in [-0.39, 0.29) is 12.5 Å². The molecular weight excluding hydrogens is 245 g/mol. The molecule has 1 fully saturated rings. The van der Waals surface area contributed by atoms with Crippen molar-refractivity contribution in [3.8, 4) is 11.8 Å². The molecule has 2 rings (SSSR count). The molecule has 3 nitrogen and oxygen atoms in total. The van der Waals surface area contributed by atoms with Crippen LogP contribution >= 0.6 is 0 Å². The largest absolute Gasteiger partial charge is 0.395 e. The van der Waals surface area contributed by atoms with Crippen molar-refractivity contribution in [1.29, 1.82) is 0 Å². The zero-order chi connectivity index (χ0) is 13.8. The monoisotopic (exact) mass is 261 g/mol. The lowest BCUT2D eigenvalue weighted by atomic mass is 10.1. The van der Waals surface area contributed by atoms with E-state index in [2.05, 4.69) is 11.8 Å². The van der Waals surface area contributed by atoms with Gasteiger partial charge in [0.05, 0.1) is 12.2 Å². The van der Waals surface area contributed by atoms with Gasteiger partial charge in [0.25, 0.3) is 5.91 Å². The first-order valence-electron chi connectivity index (χ1n) is 6.30. The number of aliphatic hydroxyl groups is 1. The molecule has 1 aromatic carbocycles. The fourth-order valence-corrected chi connectivity index (χ4v) is 1.84. The number of aliphatic hydroxyl groups excluding tert-OH is 1. The van der Waals surface area contributed by atoms with Gasteiger partial charge in [0, 0.05) is 25.1 Å². The Hall–Kier alpha value is -1.86. The molecule has 0 radical (unpaired) electrons. The Bertz CT molecular complexity index is 541. The number of amides is 1. The summed E-state index contributed by atoms with van der Waals surface area (Å²) in [5.41, 5.74) is 0.798. The SMILES string of the molecule is CN(C(=O)c1ccc(F)cc1C#CCCO)C1CC1. The molecule has 1 aliphatic rings. The molecular formula is C15H16FNO2. The Labute approximate surface area is 112 Å². The molecule has 0 bridgehead atoms. The molecule has 1 saturated carbocycles. The molecule has 100 valence electrons. The number of benzene rings is 1. The van der Waals surface area contributed by atoms with Crippen LogP contribution < -0.4 is 0 Å². The predicted molar refractivity (Wildman–Crippen MR) is 70.1 cm³/mol. The molecule has 19 heavy (non-hydrogen) atoms. The van der Waals surface area contributed by atoms with Crippen LogP contribution in [0.2, 0.25) is 0 Å². The van der Waals surface area contributed by atoms with Gasteiger partial charge in [-0.3, -0.25) is 4.79 Å². The van der Waals surface area contributed by atoms with Gasteiger partial charge in [0.1, 0.15) is 5.82 Å². The summed E-state index contributed by atoms with van der Waals surface area (Å²) in [4.78, 5) is 14.0. The van der Waals surface area contributed by atoms with Gasteiger partial charge in [0.15, 0.2) is 0 Å². The topological polar surface area (TPSA) is 40.5 Å². The lowest BCUT2D eigenvalue weighted by Crippen LogP contribution is -2.29. The van der Waals surface area contributed by atoms with E-state index in [0.717, 1.165) is 12.8 Å². The summed E-state index contributed by atoms with van der Waals surface area (Å²) in [5, 5.41) is 8.69. The molecule has 0 atom stereocenters. The molecule has 0 saturated heterocycles. The van der Waals surface area contributed by atoms with Crippen LogP contribution in [0.15, 0.2) is 18.2 Å². The summed E-state index contributed by atoms with van der Waals surface area (Å²) in [6.45, 7) is -0.0480. The third-order valence-corrected chi connectivity index (χ3v) is 3.09. The van der Waals surface area contributed by atoms with Crippen LogP contribution in [0.3, 0.4) is 0 Å². The summed E-state index contributed by atoms with van der Waals surface area (Å²) in [6.07, 6.45) is 2.35. The maximum absolute atomic E-state index is 13.2. The molecule has 1 N–H and O–H groups in total. The normalized spacial score (nSPS) is 13.6. The van der Waals surface area contributed by atoms with E-state index in [1.165, 1.54) is 18.2 Å². The number of hydrogen-bond donors (Lipinski definition) is 1. The fraction of sp³-hybridized carbons (Fsp3) is 0.400. The van der Waals surface area contributed by atoms with E-state index in [1.54, 1.807) is 11.9 Å². The van der Waals surface area contributed by atoms with Crippen molar-refractivity contribution in [3.63, 3.8) is 0 Å². The minimum absolute atomic E-state index is 0.0480. The van der Waals surface area contributed by atoms with Gasteiger partial charge in [-0.15, -0.1) is 0 Å². The zero-order valence-electron chi connectivity index (χ0n) is 10.8. The van der Waals surface area contributed by atoms with Crippen molar-refractivity contribution in [2.24, 2.45) is 0 Å². The molecule has 1 aliphatic carbocycles. The number of carbonyl (C=O) groups is 1. The first-order valence-corrected chi connectivity index (χ1v) is 6.30. The van der Waals surface area contributed by atoms with Crippen molar-refractivity contribution in [1.82, 2.24) is 4.90 Å². The Morgan fingerprint density at radius 1 is 1.53 bits per heavy atom. The zero-order valence-corrected chi connectivity index (χ0v) is 10.8. The maximum atomic E-state index is 13.2. The third-order valence-electron chi connectivity index (χ3n) is 3.09. The number of halogens is 1. The van der Waals surface area contributed by atoms with Gasteiger partial charge in [-0.05, 0) is 31.0 Å². The van der Waals surface area contributed by atoms with E-state index in [0.29, 0.717) is 23.6 Å². The van der Waals surface area contributed by atoms with Gasteiger partial charge in [0.2, 0.25) is 0 Å². The first-order chi connectivity index (χ1) is 9.13. The maximum Gasteiger partial charge on any atom is 0.255 e. The summed E-state index contributed by atoms with van der Waals surface area (Å²) in [7, 11) is 1.76. The van der Waals surface area contributed by atoms with Crippen LogP contribution in [0, 0.1) is 17.7 Å². The lowest BCUT2D eigenvalue weighted by molar-refractivity contribution is 0.0785. The standard InChI is InChI=1S/C15H16FNO2/c1-17(13-6-7-13)15(19)14-8-5-12(16)10-11(14)4-2-3-9-18/h5,8,10,13,18H,3,6-7,9H2,1H3. The van der Waals surface area contributed by atoms with Crippen molar-refractivity contribution < 1.29 is 14.3 Å². The molecule has 0 unspecified atom stereocenters. The van der Waals surface area contributed by atoms with Crippen molar-refractivity contribution >= 4 is 5.91 Å². The lowest BCUT2D eigenvalue weighted by Gasteiger charge is -2.17. The van der Waals surface area contributed by atoms with Crippen LogP contribution in [-0.2, 0) is 0 Å². The Morgan fingerprint density at radius 3 is 2.89 bits per heavy atom. The number of rotatable bonds is 3. The highest BCUT2D eigenvalue weighted by Gasteiger charge is 2.30. The molecule has 1 aromatic rings. The molecule has 1 amide bonds. The Morgan fingerprint density at radius 2 is 2.26 bits per heavy atom. The molecule has 0 aromatic heterocycles. The van der Waals surface area contributed by atoms with Crippen molar-refractivity contribution in [3.05, 3.63) is 35.1 Å². The van der Waals surface area contributed by atoms with Crippen LogP contribution in [0.5, 0.6) is 0 Å². The second-order valence-electron chi connectivity index (χ2n) is 4.61. The summed E-state index contributed by atoms with van der Waals surface area (Å²) < 4.78 is 13.2. The minimum Gasteiger partial charge on any atom is -0.395 e. The number of nitrogens with zero attached hydrogens (tertiary/aromatic N) is 1. The Balaban J connectivity index is 2.28.